The molecule has 508 valence electrons. The van der Waals surface area contributed by atoms with Gasteiger partial charge < -0.3 is 69.5 Å². The van der Waals surface area contributed by atoms with E-state index in [2.05, 4.69) is 66.3 Å². The Morgan fingerprint density at radius 3 is 1.12 bits per heavy atom. The number of nitrogens with zero attached hydrogens (tertiary/aromatic N) is 10. The number of hydrogen-bond donors (Lipinski definition) is 4. The molecule has 0 unspecified atom stereocenters. The predicted molar refractivity (Wildman–Crippen MR) is 377 cm³/mol. The minimum atomic E-state index is -1.07. The van der Waals surface area contributed by atoms with Crippen LogP contribution in [0.1, 0.15) is 110 Å². The lowest BCUT2D eigenvalue weighted by molar-refractivity contribution is 0.0690. The molecule has 6 aliphatic rings. The van der Waals surface area contributed by atoms with Gasteiger partial charge in [0.15, 0.2) is 11.5 Å². The Morgan fingerprint density at radius 1 is 0.469 bits per heavy atom. The number of carboxylic acids is 1. The molecule has 0 bridgehead atoms. The Labute approximate surface area is 564 Å². The fourth-order valence-electron chi connectivity index (χ4n) is 13.0. The summed E-state index contributed by atoms with van der Waals surface area (Å²) in [5, 5.41) is 18.8. The van der Waals surface area contributed by atoms with Gasteiger partial charge in [0.1, 0.15) is 17.3 Å². The average molecular weight is 1310 g/mol. The molecular formula is C74H93N13O9. The van der Waals surface area contributed by atoms with Gasteiger partial charge in [0.2, 0.25) is 5.82 Å². The number of morpholine rings is 3. The summed E-state index contributed by atoms with van der Waals surface area (Å²) in [6, 6.07) is 28.7. The van der Waals surface area contributed by atoms with Gasteiger partial charge in [-0.15, -0.1) is 4.98 Å². The number of carbonyl (C=O) groups is 5. The Bertz CT molecular complexity index is 3780. The van der Waals surface area contributed by atoms with E-state index in [0.717, 1.165) is 177 Å². The number of likely N-dealkylation sites (tertiary alicyclic amines) is 3. The summed E-state index contributed by atoms with van der Waals surface area (Å²) in [6.07, 6.45) is 6.88. The zero-order valence-electron chi connectivity index (χ0n) is 56.8. The molecule has 3 aromatic heterocycles. The van der Waals surface area contributed by atoms with Crippen LogP contribution in [-0.4, -0.2) is 183 Å². The van der Waals surface area contributed by atoms with Gasteiger partial charge in [-0.05, 0) is 175 Å². The van der Waals surface area contributed by atoms with Gasteiger partial charge in [-0.25, -0.2) is 29.1 Å². The molecule has 12 rings (SSSR count). The van der Waals surface area contributed by atoms with Gasteiger partial charge in [0, 0.05) is 108 Å². The first-order valence-corrected chi connectivity index (χ1v) is 34.2. The van der Waals surface area contributed by atoms with Crippen LogP contribution in [0.2, 0.25) is 0 Å². The maximum absolute atomic E-state index is 12.8. The highest BCUT2D eigenvalue weighted by Crippen LogP contribution is 2.36. The minimum absolute atomic E-state index is 0.000467. The van der Waals surface area contributed by atoms with E-state index in [0.29, 0.717) is 99.9 Å². The molecule has 0 spiro atoms. The molecule has 22 nitrogen and oxygen atoms in total. The third kappa shape index (κ3) is 17.8. The second-order valence-corrected chi connectivity index (χ2v) is 25.7. The molecule has 3 atom stereocenters. The molecule has 4 N–H and O–H groups in total. The zero-order valence-corrected chi connectivity index (χ0v) is 56.8. The highest BCUT2D eigenvalue weighted by Gasteiger charge is 2.29. The van der Waals surface area contributed by atoms with Crippen molar-refractivity contribution in [1.29, 1.82) is 0 Å². The van der Waals surface area contributed by atoms with Gasteiger partial charge in [-0.3, -0.25) is 4.79 Å². The Kier molecular flexibility index (Phi) is 23.9. The fraction of sp³-hybridized carbons (Fsp3) is 0.473. The van der Waals surface area contributed by atoms with Gasteiger partial charge in [0.05, 0.1) is 39.6 Å². The van der Waals surface area contributed by atoms with E-state index >= 15 is 0 Å². The van der Waals surface area contributed by atoms with Crippen molar-refractivity contribution in [3.05, 3.63) is 130 Å². The largest absolute Gasteiger partial charge is 0.477 e. The number of hydrogen-bond acceptors (Lipinski definition) is 14. The fourth-order valence-corrected chi connectivity index (χ4v) is 13.0. The number of ketones is 1. The number of aromatic carboxylic acids is 1. The van der Waals surface area contributed by atoms with Gasteiger partial charge in [-0.1, -0.05) is 71.7 Å². The van der Waals surface area contributed by atoms with Crippen molar-refractivity contribution in [2.45, 2.75) is 93.4 Å². The number of rotatable bonds is 15. The number of aryl methyl sites for hydroxylation is 3. The highest BCUT2D eigenvalue weighted by atomic mass is 16.5. The number of Topliss-reactive ketones (excluding diaryl/α,β-unsaturated/α-hetero) is 1. The third-order valence-electron chi connectivity index (χ3n) is 19.2. The van der Waals surface area contributed by atoms with Gasteiger partial charge in [0.25, 0.3) is 5.82 Å². The Balaban J connectivity index is 0.000000157. The van der Waals surface area contributed by atoms with Crippen LogP contribution < -0.4 is 30.7 Å². The van der Waals surface area contributed by atoms with E-state index in [1.165, 1.54) is 0 Å². The van der Waals surface area contributed by atoms with Crippen LogP contribution in [0.5, 0.6) is 0 Å². The number of carbonyl (C=O) groups excluding carboxylic acids is 4. The first kappa shape index (κ1) is 69.7. The SMILES string of the molecule is CCC(=O)c1cc(-c2cc(NC(=O)N3CC[C@@H](CC)C3)ccc2C)cc(N2CCOCC2)n1.CC[C@@H]1CCN(C(=O)Nc2ccc(C)c(-c3cc(C(=O)O)nc(N4CCOCC4)c3)c2)C1.[C-]#[N+]c1cc(-c2cc(NC(=O)N3CC[C@@H](CC)C3)ccc2C)cc(N2CCOCC2)n1. The van der Waals surface area contributed by atoms with Crippen LogP contribution in [0.3, 0.4) is 0 Å². The second kappa shape index (κ2) is 33.0. The van der Waals surface area contributed by atoms with Gasteiger partial charge >= 0.3 is 24.1 Å². The summed E-state index contributed by atoms with van der Waals surface area (Å²) in [4.78, 5) is 91.7. The van der Waals surface area contributed by atoms with E-state index in [1.807, 2.05) is 132 Å². The van der Waals surface area contributed by atoms with E-state index in [4.69, 9.17) is 20.8 Å². The maximum Gasteiger partial charge on any atom is 0.354 e. The predicted octanol–water partition coefficient (Wildman–Crippen LogP) is 13.3. The van der Waals surface area contributed by atoms with Crippen LogP contribution in [0.4, 0.5) is 54.7 Å². The minimum Gasteiger partial charge on any atom is -0.477 e. The summed E-state index contributed by atoms with van der Waals surface area (Å²) >= 11 is 0. The molecule has 0 saturated carbocycles. The van der Waals surface area contributed by atoms with Crippen LogP contribution in [0.25, 0.3) is 38.2 Å². The average Bonchev–Trinajstić information content (AvgIpc) is 1.10. The molecule has 3 aromatic carbocycles. The monoisotopic (exact) mass is 1310 g/mol. The van der Waals surface area contributed by atoms with Crippen LogP contribution in [0, 0.1) is 45.1 Å². The van der Waals surface area contributed by atoms with Crippen molar-refractivity contribution < 1.29 is 43.3 Å². The lowest BCUT2D eigenvalue weighted by Gasteiger charge is -2.28. The normalized spacial score (nSPS) is 18.6. The smallest absolute Gasteiger partial charge is 0.354 e. The first-order valence-electron chi connectivity index (χ1n) is 34.2. The maximum atomic E-state index is 12.8. The van der Waals surface area contributed by atoms with Crippen molar-refractivity contribution in [2.24, 2.45) is 17.8 Å². The van der Waals surface area contributed by atoms with Gasteiger partial charge in [-0.2, -0.15) is 0 Å². The summed E-state index contributed by atoms with van der Waals surface area (Å²) in [6.45, 7) is 34.9. The summed E-state index contributed by atoms with van der Waals surface area (Å²) < 4.78 is 16.3. The number of ether oxygens (including phenoxy) is 3. The van der Waals surface area contributed by atoms with Crippen molar-refractivity contribution in [3.8, 4) is 33.4 Å². The number of anilines is 6. The Hall–Kier alpha value is -9.17. The van der Waals surface area contributed by atoms with E-state index in [-0.39, 0.29) is 29.6 Å². The van der Waals surface area contributed by atoms with Crippen LogP contribution in [0.15, 0.2) is 91.0 Å². The molecule has 0 aliphatic carbocycles. The van der Waals surface area contributed by atoms with Crippen molar-refractivity contribution in [2.75, 3.05) is 149 Å². The highest BCUT2D eigenvalue weighted by molar-refractivity contribution is 5.97. The number of carboxylic acid groups (broad SMARTS) is 1. The number of benzene rings is 3. The number of amides is 6. The van der Waals surface area contributed by atoms with Crippen LogP contribution >= 0.6 is 0 Å². The molecule has 22 heteroatoms. The van der Waals surface area contributed by atoms with Crippen molar-refractivity contribution in [1.82, 2.24) is 29.7 Å². The number of urea groups is 3. The third-order valence-corrected chi connectivity index (χ3v) is 19.2. The summed E-state index contributed by atoms with van der Waals surface area (Å²) in [5.74, 6) is 3.30. The molecule has 6 aliphatic heterocycles. The van der Waals surface area contributed by atoms with Crippen molar-refractivity contribution in [3.63, 3.8) is 0 Å². The standard InChI is InChI=1S/C26H34N4O3.C24H29N5O2.C24H30N4O4/c1-4-19-8-9-30(17-19)26(32)27-21-7-6-18(3)22(16-21)20-14-23(24(31)5-2)28-25(15-20)29-10-12-33-13-11-29;1-4-18-7-8-29(16-18)24(30)26-20-6-5-17(2)21(15-20)19-13-22(25-3)27-23(14-19)28-9-11-31-12-10-28;1-3-17-6-7-28(15-17)24(31)25-19-5-4-16(2)20(14-19)18-12-21(23(29)30)26-22(13-18)27-8-10-32-11-9-27/h6-7,14-16,19H,4-5,8-13,17H2,1-3H3,(H,27,32);5-6,13-15,18H,4,7-12,16H2,1-2H3,(H,26,30);4-5,12-14,17H,3,6-11,15H2,1-2H3,(H,25,31)(H,29,30)/t19-;18-;17-/m111/s1. The molecule has 6 amide bonds. The van der Waals surface area contributed by atoms with E-state index in [1.54, 1.807) is 6.07 Å². The quantitative estimate of drug-likeness (QED) is 0.0553. The lowest BCUT2D eigenvalue weighted by Crippen LogP contribution is -2.37. The molecule has 0 radical (unpaired) electrons. The molecule has 6 aromatic rings. The molecule has 96 heavy (non-hydrogen) atoms. The van der Waals surface area contributed by atoms with Crippen molar-refractivity contribution >= 4 is 70.2 Å². The molecule has 6 fully saturated rings. The van der Waals surface area contributed by atoms with Crippen LogP contribution in [-0.2, 0) is 14.2 Å². The molecule has 6 saturated heterocycles. The number of nitrogens with one attached hydrogen (secondary N) is 3. The van der Waals surface area contributed by atoms with E-state index in [9.17, 15) is 29.1 Å². The lowest BCUT2D eigenvalue weighted by atomic mass is 9.98. The topological polar surface area (TPSA) is 232 Å². The number of pyridine rings is 3. The number of aromatic nitrogens is 3. The second-order valence-electron chi connectivity index (χ2n) is 25.7. The molecular weight excluding hydrogens is 1210 g/mol. The first-order chi connectivity index (χ1) is 46.5. The zero-order chi connectivity index (χ0) is 67.8. The summed E-state index contributed by atoms with van der Waals surface area (Å²) in [5.41, 5.74) is 11.3. The summed E-state index contributed by atoms with van der Waals surface area (Å²) in [7, 11) is 0. The van der Waals surface area contributed by atoms with E-state index < -0.39 is 5.97 Å². The Morgan fingerprint density at radius 2 is 0.802 bits per heavy atom. The molecule has 9 heterocycles.